The number of carbonyl (C=O) groups excluding carboxylic acids is 1. The molecule has 3 rings (SSSR count). The number of hydrogen-bond donors (Lipinski definition) is 0. The molecule has 6 nitrogen and oxygen atoms in total. The summed E-state index contributed by atoms with van der Waals surface area (Å²) < 4.78 is 14.1. The van der Waals surface area contributed by atoms with Gasteiger partial charge >= 0.3 is 0 Å². The van der Waals surface area contributed by atoms with Crippen LogP contribution in [0.25, 0.3) is 6.08 Å². The van der Waals surface area contributed by atoms with Crippen molar-refractivity contribution in [3.63, 3.8) is 0 Å². The number of hydrogen-bond acceptors (Lipinski definition) is 4. The summed E-state index contributed by atoms with van der Waals surface area (Å²) in [6, 6.07) is 13.7. The van der Waals surface area contributed by atoms with E-state index in [4.69, 9.17) is 9.47 Å². The summed E-state index contributed by atoms with van der Waals surface area (Å²) in [5.41, 5.74) is 3.77. The van der Waals surface area contributed by atoms with Gasteiger partial charge < -0.3 is 14.4 Å². The van der Waals surface area contributed by atoms with Crippen LogP contribution in [-0.4, -0.2) is 34.7 Å². The topological polar surface area (TPSA) is 56.6 Å². The quantitative estimate of drug-likeness (QED) is 0.379. The Bertz CT molecular complexity index is 1110. The number of aromatic nitrogens is 2. The summed E-state index contributed by atoms with van der Waals surface area (Å²) in [5, 5.41) is 4.47. The fourth-order valence-corrected chi connectivity index (χ4v) is 3.63. The zero-order valence-electron chi connectivity index (χ0n) is 18.8. The normalized spacial score (nSPS) is 11.0. The first-order valence-electron chi connectivity index (χ1n) is 10.4. The monoisotopic (exact) mass is 497 g/mol. The van der Waals surface area contributed by atoms with Crippen molar-refractivity contribution in [3.05, 3.63) is 81.6 Å². The van der Waals surface area contributed by atoms with Crippen LogP contribution in [0, 0.1) is 6.92 Å². The number of rotatable bonds is 9. The summed E-state index contributed by atoms with van der Waals surface area (Å²) in [6.45, 7) is 5.63. The molecule has 0 N–H and O–H groups in total. The van der Waals surface area contributed by atoms with E-state index in [2.05, 4.69) is 21.0 Å². The maximum absolute atomic E-state index is 12.6. The predicted molar refractivity (Wildman–Crippen MR) is 130 cm³/mol. The van der Waals surface area contributed by atoms with Crippen molar-refractivity contribution in [2.24, 2.45) is 0 Å². The van der Waals surface area contributed by atoms with Gasteiger partial charge in [-0.05, 0) is 71.2 Å². The van der Waals surface area contributed by atoms with E-state index in [1.54, 1.807) is 31.2 Å². The number of carbonyl (C=O) groups is 1. The highest BCUT2D eigenvalue weighted by atomic mass is 79.9. The standard InChI is InChI=1S/C25H28BrN3O3/c1-5-29-15-22(26)23(27-29)16-28(3)25(30)12-10-19-9-11-24(31-4)20(14-19)17-32-21-8-6-7-18(2)13-21/h6-15H,5,16-17H2,1-4H3/b12-10+. The van der Waals surface area contributed by atoms with Gasteiger partial charge in [-0.2, -0.15) is 5.10 Å². The minimum absolute atomic E-state index is 0.101. The molecule has 0 atom stereocenters. The molecular weight excluding hydrogens is 470 g/mol. The van der Waals surface area contributed by atoms with E-state index in [9.17, 15) is 4.79 Å². The molecule has 0 fully saturated rings. The molecular formula is C25H28BrN3O3. The van der Waals surface area contributed by atoms with Gasteiger partial charge in [0.2, 0.25) is 5.91 Å². The Morgan fingerprint density at radius 3 is 2.75 bits per heavy atom. The summed E-state index contributed by atoms with van der Waals surface area (Å²) in [7, 11) is 3.40. The number of ether oxygens (including phenoxy) is 2. The first kappa shape index (κ1) is 23.6. The number of aryl methyl sites for hydroxylation is 2. The highest BCUT2D eigenvalue weighted by Gasteiger charge is 2.12. The van der Waals surface area contributed by atoms with E-state index in [0.717, 1.165) is 44.9 Å². The number of amides is 1. The minimum atomic E-state index is -0.101. The Kier molecular flexibility index (Phi) is 8.11. The van der Waals surface area contributed by atoms with Crippen LogP contribution in [0.1, 0.15) is 29.3 Å². The van der Waals surface area contributed by atoms with Crippen molar-refractivity contribution in [3.8, 4) is 11.5 Å². The second kappa shape index (κ2) is 11.0. The van der Waals surface area contributed by atoms with Crippen molar-refractivity contribution < 1.29 is 14.3 Å². The second-order valence-corrected chi connectivity index (χ2v) is 8.34. The van der Waals surface area contributed by atoms with Crippen LogP contribution in [0.15, 0.2) is 59.2 Å². The molecule has 0 spiro atoms. The van der Waals surface area contributed by atoms with Crippen molar-refractivity contribution in [1.82, 2.24) is 14.7 Å². The zero-order chi connectivity index (χ0) is 23.1. The Morgan fingerprint density at radius 1 is 1.25 bits per heavy atom. The van der Waals surface area contributed by atoms with Gasteiger partial charge in [-0.25, -0.2) is 0 Å². The fourth-order valence-electron chi connectivity index (χ4n) is 3.18. The maximum Gasteiger partial charge on any atom is 0.246 e. The molecule has 0 saturated carbocycles. The van der Waals surface area contributed by atoms with E-state index >= 15 is 0 Å². The molecule has 1 amide bonds. The molecule has 0 radical (unpaired) electrons. The SMILES string of the molecule is CCn1cc(Br)c(CN(C)C(=O)/C=C/c2ccc(OC)c(COc3cccc(C)c3)c2)n1. The van der Waals surface area contributed by atoms with Crippen LogP contribution in [0.5, 0.6) is 11.5 Å². The second-order valence-electron chi connectivity index (χ2n) is 7.48. The Balaban J connectivity index is 1.67. The smallest absolute Gasteiger partial charge is 0.246 e. The Hall–Kier alpha value is -3.06. The lowest BCUT2D eigenvalue weighted by Crippen LogP contribution is -2.24. The number of methoxy groups -OCH3 is 1. The van der Waals surface area contributed by atoms with E-state index in [1.165, 1.54) is 0 Å². The molecule has 168 valence electrons. The van der Waals surface area contributed by atoms with E-state index < -0.39 is 0 Å². The first-order valence-corrected chi connectivity index (χ1v) is 11.2. The van der Waals surface area contributed by atoms with Crippen LogP contribution in [0.2, 0.25) is 0 Å². The van der Waals surface area contributed by atoms with Crippen LogP contribution in [0.3, 0.4) is 0 Å². The molecule has 2 aromatic carbocycles. The largest absolute Gasteiger partial charge is 0.496 e. The molecule has 1 heterocycles. The van der Waals surface area contributed by atoms with Gasteiger partial charge in [-0.15, -0.1) is 0 Å². The molecule has 0 aliphatic rings. The summed E-state index contributed by atoms with van der Waals surface area (Å²) in [5.74, 6) is 1.45. The molecule has 0 saturated heterocycles. The molecule has 7 heteroatoms. The molecule has 3 aromatic rings. The molecule has 1 aromatic heterocycles. The van der Waals surface area contributed by atoms with Gasteiger partial charge in [0, 0.05) is 31.4 Å². The van der Waals surface area contributed by atoms with Crippen LogP contribution in [-0.2, 0) is 24.5 Å². The van der Waals surface area contributed by atoms with Crippen molar-refractivity contribution in [2.45, 2.75) is 33.5 Å². The molecule has 0 aliphatic carbocycles. The van der Waals surface area contributed by atoms with Gasteiger partial charge in [0.05, 0.1) is 23.8 Å². The number of nitrogens with zero attached hydrogens (tertiary/aromatic N) is 3. The van der Waals surface area contributed by atoms with Crippen LogP contribution in [0.4, 0.5) is 0 Å². The highest BCUT2D eigenvalue weighted by molar-refractivity contribution is 9.10. The van der Waals surface area contributed by atoms with Gasteiger partial charge in [-0.1, -0.05) is 18.2 Å². The molecule has 0 unspecified atom stereocenters. The third-order valence-electron chi connectivity index (χ3n) is 4.98. The molecule has 32 heavy (non-hydrogen) atoms. The Labute approximate surface area is 197 Å². The van der Waals surface area contributed by atoms with Gasteiger partial charge in [0.25, 0.3) is 0 Å². The van der Waals surface area contributed by atoms with E-state index in [-0.39, 0.29) is 5.91 Å². The number of halogens is 1. The predicted octanol–water partition coefficient (Wildman–Crippen LogP) is 5.23. The average molecular weight is 498 g/mol. The summed E-state index contributed by atoms with van der Waals surface area (Å²) in [4.78, 5) is 14.2. The van der Waals surface area contributed by atoms with Crippen LogP contribution < -0.4 is 9.47 Å². The third-order valence-corrected chi connectivity index (χ3v) is 5.64. The fraction of sp³-hybridized carbons (Fsp3) is 0.280. The summed E-state index contributed by atoms with van der Waals surface area (Å²) >= 11 is 3.51. The highest BCUT2D eigenvalue weighted by Crippen LogP contribution is 2.23. The van der Waals surface area contributed by atoms with Gasteiger partial charge in [-0.3, -0.25) is 9.48 Å². The van der Waals surface area contributed by atoms with Crippen molar-refractivity contribution >= 4 is 27.9 Å². The lowest BCUT2D eigenvalue weighted by atomic mass is 10.1. The minimum Gasteiger partial charge on any atom is -0.496 e. The van der Waals surface area contributed by atoms with Crippen molar-refractivity contribution in [1.29, 1.82) is 0 Å². The van der Waals surface area contributed by atoms with Crippen molar-refractivity contribution in [2.75, 3.05) is 14.2 Å². The number of benzene rings is 2. The summed E-state index contributed by atoms with van der Waals surface area (Å²) in [6.07, 6.45) is 5.28. The lowest BCUT2D eigenvalue weighted by Gasteiger charge is -2.14. The van der Waals surface area contributed by atoms with Gasteiger partial charge in [0.1, 0.15) is 18.1 Å². The average Bonchev–Trinajstić information content (AvgIpc) is 3.15. The maximum atomic E-state index is 12.6. The zero-order valence-corrected chi connectivity index (χ0v) is 20.4. The lowest BCUT2D eigenvalue weighted by molar-refractivity contribution is -0.125. The third kappa shape index (κ3) is 6.23. The Morgan fingerprint density at radius 2 is 2.06 bits per heavy atom. The molecule has 0 bridgehead atoms. The first-order chi connectivity index (χ1) is 15.4. The molecule has 0 aliphatic heterocycles. The van der Waals surface area contributed by atoms with Crippen LogP contribution >= 0.6 is 15.9 Å². The number of likely N-dealkylation sites (N-methyl/N-ethyl adjacent to an activating group) is 1. The van der Waals surface area contributed by atoms with Gasteiger partial charge in [0.15, 0.2) is 0 Å². The van der Waals surface area contributed by atoms with E-state index in [0.29, 0.717) is 13.2 Å². The van der Waals surface area contributed by atoms with E-state index in [1.807, 2.05) is 67.2 Å².